The minimum Gasteiger partial charge on any atom is -0.176 e. The smallest absolute Gasteiger partial charge is 0.00168 e. The molecule has 124 valence electrons. The topological polar surface area (TPSA) is 0 Å². The van der Waals surface area contributed by atoms with Gasteiger partial charge in [-0.1, -0.05) is 95.2 Å². The van der Waals surface area contributed by atoms with Crippen LogP contribution in [0.4, 0.5) is 0 Å². The maximum Gasteiger partial charge on any atom is 0.00168 e. The Labute approximate surface area is 143 Å². The highest BCUT2D eigenvalue weighted by Crippen LogP contribution is 2.17. The van der Waals surface area contributed by atoms with E-state index in [0.717, 1.165) is 6.42 Å². The van der Waals surface area contributed by atoms with Crippen LogP contribution in [0.2, 0.25) is 0 Å². The number of hydrogen-bond donors (Lipinski definition) is 1. The highest BCUT2D eigenvalue weighted by Gasteiger charge is 2.01. The third-order valence-electron chi connectivity index (χ3n) is 4.22. The number of thiol groups is 1. The lowest BCUT2D eigenvalue weighted by atomic mass is 10.1. The van der Waals surface area contributed by atoms with Crippen LogP contribution in [0.1, 0.15) is 82.8 Å². The third-order valence-corrected chi connectivity index (χ3v) is 4.74. The van der Waals surface area contributed by atoms with Gasteiger partial charge in [-0.25, -0.2) is 0 Å². The van der Waals surface area contributed by atoms with E-state index < -0.39 is 0 Å². The second-order valence-electron chi connectivity index (χ2n) is 6.30. The van der Waals surface area contributed by atoms with Gasteiger partial charge < -0.3 is 0 Å². The van der Waals surface area contributed by atoms with Crippen LogP contribution in [0, 0.1) is 0 Å². The Hall–Kier alpha value is -0.690. The number of allylic oxidation sites excluding steroid dienone is 1. The SMILES string of the molecule is C1=Cc2ccccc2C1.CCCCCCCC(S)CCCC. The summed E-state index contributed by atoms with van der Waals surface area (Å²) in [4.78, 5) is 0. The normalized spacial score (nSPS) is 13.4. The summed E-state index contributed by atoms with van der Waals surface area (Å²) in [5, 5.41) is 0.668. The Bertz CT molecular complexity index is 408. The van der Waals surface area contributed by atoms with E-state index in [0.29, 0.717) is 5.25 Å². The molecule has 0 saturated carbocycles. The van der Waals surface area contributed by atoms with Crippen molar-refractivity contribution in [2.45, 2.75) is 83.3 Å². The fourth-order valence-electron chi connectivity index (χ4n) is 2.76. The number of rotatable bonds is 9. The Morgan fingerprint density at radius 3 is 2.32 bits per heavy atom. The highest BCUT2D eigenvalue weighted by atomic mass is 32.1. The first-order chi connectivity index (χ1) is 10.8. The van der Waals surface area contributed by atoms with Crippen molar-refractivity contribution in [2.24, 2.45) is 0 Å². The summed E-state index contributed by atoms with van der Waals surface area (Å²) < 4.78 is 0. The molecule has 2 rings (SSSR count). The van der Waals surface area contributed by atoms with Crippen LogP contribution in [0.25, 0.3) is 6.08 Å². The Morgan fingerprint density at radius 1 is 0.909 bits per heavy atom. The summed E-state index contributed by atoms with van der Waals surface area (Å²) >= 11 is 4.59. The first kappa shape index (κ1) is 19.4. The fourth-order valence-corrected chi connectivity index (χ4v) is 3.13. The summed E-state index contributed by atoms with van der Waals surface area (Å²) in [6, 6.07) is 8.49. The predicted molar refractivity (Wildman–Crippen MR) is 105 cm³/mol. The van der Waals surface area contributed by atoms with Crippen LogP contribution in [0.5, 0.6) is 0 Å². The van der Waals surface area contributed by atoms with Gasteiger partial charge in [0.25, 0.3) is 0 Å². The summed E-state index contributed by atoms with van der Waals surface area (Å²) in [5.74, 6) is 0. The van der Waals surface area contributed by atoms with Crippen LogP contribution in [-0.2, 0) is 6.42 Å². The van der Waals surface area contributed by atoms with Crippen molar-refractivity contribution in [1.82, 2.24) is 0 Å². The fraction of sp³-hybridized carbons (Fsp3) is 0.619. The second kappa shape index (κ2) is 12.8. The van der Waals surface area contributed by atoms with E-state index in [-0.39, 0.29) is 0 Å². The Kier molecular flexibility index (Phi) is 11.3. The molecule has 0 fully saturated rings. The van der Waals surface area contributed by atoms with Crippen molar-refractivity contribution in [3.63, 3.8) is 0 Å². The molecule has 1 atom stereocenters. The van der Waals surface area contributed by atoms with Crippen molar-refractivity contribution in [3.8, 4) is 0 Å². The van der Waals surface area contributed by atoms with Crippen molar-refractivity contribution in [1.29, 1.82) is 0 Å². The summed E-state index contributed by atoms with van der Waals surface area (Å²) in [7, 11) is 0. The molecule has 0 nitrogen and oxygen atoms in total. The second-order valence-corrected chi connectivity index (χ2v) is 7.03. The van der Waals surface area contributed by atoms with Gasteiger partial charge in [0.15, 0.2) is 0 Å². The maximum absolute atomic E-state index is 4.59. The van der Waals surface area contributed by atoms with Gasteiger partial charge in [0, 0.05) is 5.25 Å². The van der Waals surface area contributed by atoms with Crippen LogP contribution in [0.15, 0.2) is 30.3 Å². The van der Waals surface area contributed by atoms with E-state index in [2.05, 4.69) is 62.9 Å². The van der Waals surface area contributed by atoms with E-state index >= 15 is 0 Å². The van der Waals surface area contributed by atoms with Gasteiger partial charge in [0.1, 0.15) is 0 Å². The maximum atomic E-state index is 4.59. The summed E-state index contributed by atoms with van der Waals surface area (Å²) in [6.45, 7) is 4.52. The molecule has 0 aromatic heterocycles. The van der Waals surface area contributed by atoms with Crippen molar-refractivity contribution in [2.75, 3.05) is 0 Å². The first-order valence-corrected chi connectivity index (χ1v) is 9.72. The lowest BCUT2D eigenvalue weighted by Gasteiger charge is -2.08. The molecule has 0 radical (unpaired) electrons. The van der Waals surface area contributed by atoms with E-state index in [4.69, 9.17) is 0 Å². The summed E-state index contributed by atoms with van der Waals surface area (Å²) in [5.41, 5.74) is 2.84. The van der Waals surface area contributed by atoms with Crippen molar-refractivity contribution in [3.05, 3.63) is 41.5 Å². The molecule has 22 heavy (non-hydrogen) atoms. The summed E-state index contributed by atoms with van der Waals surface area (Å²) in [6.07, 6.45) is 17.8. The molecule has 1 aliphatic carbocycles. The zero-order valence-electron chi connectivity index (χ0n) is 14.6. The largest absolute Gasteiger partial charge is 0.176 e. The van der Waals surface area contributed by atoms with Gasteiger partial charge in [-0.3, -0.25) is 0 Å². The molecule has 1 unspecified atom stereocenters. The molecular formula is C21H34S. The van der Waals surface area contributed by atoms with Crippen LogP contribution in [0.3, 0.4) is 0 Å². The van der Waals surface area contributed by atoms with Gasteiger partial charge in [-0.2, -0.15) is 12.6 Å². The molecule has 1 aromatic carbocycles. The molecule has 0 aliphatic heterocycles. The van der Waals surface area contributed by atoms with Crippen molar-refractivity contribution >= 4 is 18.7 Å². The van der Waals surface area contributed by atoms with E-state index in [1.165, 1.54) is 68.9 Å². The third kappa shape index (κ3) is 8.68. The van der Waals surface area contributed by atoms with Crippen LogP contribution < -0.4 is 0 Å². The van der Waals surface area contributed by atoms with Gasteiger partial charge in [0.2, 0.25) is 0 Å². The van der Waals surface area contributed by atoms with Gasteiger partial charge in [-0.05, 0) is 30.4 Å². The Morgan fingerprint density at radius 2 is 1.59 bits per heavy atom. The molecule has 1 aliphatic rings. The lowest BCUT2D eigenvalue weighted by molar-refractivity contribution is 0.573. The average molecular weight is 319 g/mol. The minimum absolute atomic E-state index is 0.668. The molecular weight excluding hydrogens is 284 g/mol. The van der Waals surface area contributed by atoms with Gasteiger partial charge in [-0.15, -0.1) is 0 Å². The van der Waals surface area contributed by atoms with E-state index in [9.17, 15) is 0 Å². The Balaban J connectivity index is 0.000000231. The molecule has 0 N–H and O–H groups in total. The zero-order valence-corrected chi connectivity index (χ0v) is 15.5. The monoisotopic (exact) mass is 318 g/mol. The number of unbranched alkanes of at least 4 members (excludes halogenated alkanes) is 5. The van der Waals surface area contributed by atoms with Gasteiger partial charge >= 0.3 is 0 Å². The number of benzene rings is 1. The number of hydrogen-bond acceptors (Lipinski definition) is 1. The lowest BCUT2D eigenvalue weighted by Crippen LogP contribution is -1.98. The molecule has 0 bridgehead atoms. The molecule has 0 heterocycles. The highest BCUT2D eigenvalue weighted by molar-refractivity contribution is 7.80. The molecule has 0 amide bonds. The minimum atomic E-state index is 0.668. The van der Waals surface area contributed by atoms with Gasteiger partial charge in [0.05, 0.1) is 0 Å². The van der Waals surface area contributed by atoms with Crippen LogP contribution in [-0.4, -0.2) is 5.25 Å². The predicted octanol–water partition coefficient (Wildman–Crippen LogP) is 7.09. The molecule has 1 aromatic rings. The standard InChI is InChI=1S/C12H26S.C9H8/c1-3-5-7-8-9-11-12(13)10-6-4-2;1-2-5-9-7-3-6-8(9)4-1/h12-13H,3-11H2,1-2H3;1-6H,7H2. The van der Waals surface area contributed by atoms with Crippen LogP contribution >= 0.6 is 12.6 Å². The quantitative estimate of drug-likeness (QED) is 0.364. The van der Waals surface area contributed by atoms with Crippen molar-refractivity contribution < 1.29 is 0 Å². The first-order valence-electron chi connectivity index (χ1n) is 9.20. The zero-order chi connectivity index (χ0) is 16.0. The van der Waals surface area contributed by atoms with E-state index in [1.807, 2.05) is 0 Å². The average Bonchev–Trinajstić information content (AvgIpc) is 3.02. The molecule has 0 saturated heterocycles. The molecule has 1 heteroatoms. The van der Waals surface area contributed by atoms with E-state index in [1.54, 1.807) is 0 Å². The molecule has 0 spiro atoms. The number of fused-ring (bicyclic) bond motifs is 1.